The molecular formula is C24H18N6O2. The predicted octanol–water partition coefficient (Wildman–Crippen LogP) is 2.66. The van der Waals surface area contributed by atoms with Gasteiger partial charge in [-0.15, -0.1) is 10.2 Å². The highest BCUT2D eigenvalue weighted by Gasteiger charge is 2.22. The van der Waals surface area contributed by atoms with Crippen LogP contribution >= 0.6 is 0 Å². The van der Waals surface area contributed by atoms with Crippen molar-refractivity contribution < 1.29 is 0 Å². The molecule has 5 aromatic rings. The molecule has 156 valence electrons. The first-order chi connectivity index (χ1) is 15.6. The van der Waals surface area contributed by atoms with Gasteiger partial charge >= 0.3 is 5.69 Å². The summed E-state index contributed by atoms with van der Waals surface area (Å²) in [6.07, 6.45) is 3.25. The van der Waals surface area contributed by atoms with Gasteiger partial charge in [-0.05, 0) is 29.8 Å². The van der Waals surface area contributed by atoms with E-state index in [1.807, 2.05) is 42.5 Å². The Morgan fingerprint density at radius 3 is 1.97 bits per heavy atom. The molecule has 0 N–H and O–H groups in total. The lowest BCUT2D eigenvalue weighted by molar-refractivity contribution is 0.659. The highest BCUT2D eigenvalue weighted by atomic mass is 16.2. The fourth-order valence-electron chi connectivity index (χ4n) is 3.72. The van der Waals surface area contributed by atoms with Crippen molar-refractivity contribution in [2.45, 2.75) is 6.54 Å². The summed E-state index contributed by atoms with van der Waals surface area (Å²) < 4.78 is 2.65. The lowest BCUT2D eigenvalue weighted by atomic mass is 10.1. The van der Waals surface area contributed by atoms with E-state index in [4.69, 9.17) is 0 Å². The van der Waals surface area contributed by atoms with Crippen LogP contribution in [-0.4, -0.2) is 29.3 Å². The minimum Gasteiger partial charge on any atom is -0.294 e. The smallest absolute Gasteiger partial charge is 0.294 e. The summed E-state index contributed by atoms with van der Waals surface area (Å²) in [6.45, 7) is 0.144. The number of hydrogen-bond donors (Lipinski definition) is 0. The second-order valence-corrected chi connectivity index (χ2v) is 7.27. The quantitative estimate of drug-likeness (QED) is 0.442. The molecule has 0 aliphatic heterocycles. The Hall–Kier alpha value is -4.46. The van der Waals surface area contributed by atoms with Crippen LogP contribution in [0.1, 0.15) is 5.56 Å². The van der Waals surface area contributed by atoms with Crippen LogP contribution in [0.5, 0.6) is 0 Å². The monoisotopic (exact) mass is 422 g/mol. The molecule has 0 aliphatic rings. The molecule has 0 radical (unpaired) electrons. The molecule has 0 saturated heterocycles. The van der Waals surface area contributed by atoms with Gasteiger partial charge in [-0.1, -0.05) is 42.5 Å². The van der Waals surface area contributed by atoms with Gasteiger partial charge in [0, 0.05) is 19.4 Å². The molecule has 0 spiro atoms. The van der Waals surface area contributed by atoms with E-state index in [2.05, 4.69) is 20.2 Å². The average molecular weight is 422 g/mol. The Morgan fingerprint density at radius 1 is 0.750 bits per heavy atom. The van der Waals surface area contributed by atoms with Crippen LogP contribution in [0.25, 0.3) is 33.7 Å². The Morgan fingerprint density at radius 2 is 1.34 bits per heavy atom. The Labute approximate surface area is 182 Å². The van der Waals surface area contributed by atoms with Gasteiger partial charge in [0.15, 0.2) is 0 Å². The summed E-state index contributed by atoms with van der Waals surface area (Å²) in [4.78, 5) is 35.7. The first-order valence-corrected chi connectivity index (χ1v) is 10.0. The van der Waals surface area contributed by atoms with Crippen LogP contribution in [0.2, 0.25) is 0 Å². The van der Waals surface area contributed by atoms with Crippen molar-refractivity contribution in [1.82, 2.24) is 29.3 Å². The first-order valence-electron chi connectivity index (χ1n) is 10.0. The van der Waals surface area contributed by atoms with Gasteiger partial charge in [-0.2, -0.15) is 0 Å². The lowest BCUT2D eigenvalue weighted by Gasteiger charge is -2.15. The molecule has 8 heteroatoms. The molecule has 1 aromatic carbocycles. The Bertz CT molecular complexity index is 1530. The molecule has 0 saturated carbocycles. The molecule has 8 nitrogen and oxygen atoms in total. The largest absolute Gasteiger partial charge is 0.331 e. The number of fused-ring (bicyclic) bond motifs is 1. The third-order valence-electron chi connectivity index (χ3n) is 5.26. The van der Waals surface area contributed by atoms with Crippen molar-refractivity contribution in [1.29, 1.82) is 0 Å². The van der Waals surface area contributed by atoms with Gasteiger partial charge in [-0.3, -0.25) is 23.9 Å². The second-order valence-electron chi connectivity index (χ2n) is 7.27. The molecule has 0 atom stereocenters. The van der Waals surface area contributed by atoms with Gasteiger partial charge in [-0.25, -0.2) is 4.79 Å². The van der Waals surface area contributed by atoms with Crippen LogP contribution < -0.4 is 11.2 Å². The zero-order valence-corrected chi connectivity index (χ0v) is 17.2. The third kappa shape index (κ3) is 3.27. The van der Waals surface area contributed by atoms with Crippen molar-refractivity contribution in [3.8, 4) is 22.8 Å². The van der Waals surface area contributed by atoms with Crippen LogP contribution in [0, 0.1) is 0 Å². The molecular weight excluding hydrogens is 404 g/mol. The van der Waals surface area contributed by atoms with Crippen LogP contribution in [-0.2, 0) is 13.6 Å². The fraction of sp³-hybridized carbons (Fsp3) is 0.0833. The van der Waals surface area contributed by atoms with Crippen molar-refractivity contribution in [3.63, 3.8) is 0 Å². The number of rotatable bonds is 4. The Balaban J connectivity index is 1.89. The van der Waals surface area contributed by atoms with E-state index in [1.165, 1.54) is 9.13 Å². The maximum Gasteiger partial charge on any atom is 0.331 e. The average Bonchev–Trinajstić information content (AvgIpc) is 2.86. The van der Waals surface area contributed by atoms with E-state index < -0.39 is 11.2 Å². The first kappa shape index (κ1) is 19.5. The zero-order chi connectivity index (χ0) is 22.1. The standard InChI is InChI=1S/C24H18N6O2/c1-29-22-19(23(31)30(24(29)32)15-16-9-3-2-4-10-16)20(17-11-5-7-13-25-17)27-28-21(22)18-12-6-8-14-26-18/h2-14H,15H2,1H3. The van der Waals surface area contributed by atoms with Gasteiger partial charge in [0.1, 0.15) is 11.4 Å². The Kier molecular flexibility index (Phi) is 4.87. The van der Waals surface area contributed by atoms with E-state index in [-0.39, 0.29) is 11.9 Å². The maximum atomic E-state index is 13.7. The molecule has 0 bridgehead atoms. The molecule has 32 heavy (non-hydrogen) atoms. The highest BCUT2D eigenvalue weighted by Crippen LogP contribution is 2.27. The molecule has 0 amide bonds. The van der Waals surface area contributed by atoms with Crippen molar-refractivity contribution in [3.05, 3.63) is 106 Å². The summed E-state index contributed by atoms with van der Waals surface area (Å²) in [6, 6.07) is 20.1. The molecule has 4 aromatic heterocycles. The normalized spacial score (nSPS) is 11.0. The summed E-state index contributed by atoms with van der Waals surface area (Å²) in [5, 5.41) is 8.98. The van der Waals surface area contributed by atoms with E-state index in [0.717, 1.165) is 5.56 Å². The number of benzene rings is 1. The maximum absolute atomic E-state index is 13.7. The highest BCUT2D eigenvalue weighted by molar-refractivity contribution is 5.97. The van der Waals surface area contributed by atoms with E-state index in [0.29, 0.717) is 28.3 Å². The van der Waals surface area contributed by atoms with Gasteiger partial charge in [0.05, 0.1) is 28.8 Å². The molecule has 4 heterocycles. The van der Waals surface area contributed by atoms with Gasteiger partial charge in [0.25, 0.3) is 5.56 Å². The second kappa shape index (κ2) is 7.99. The molecule has 0 unspecified atom stereocenters. The number of nitrogens with zero attached hydrogens (tertiary/aromatic N) is 6. The summed E-state index contributed by atoms with van der Waals surface area (Å²) in [5.41, 5.74) is 2.04. The van der Waals surface area contributed by atoms with Crippen molar-refractivity contribution in [2.75, 3.05) is 0 Å². The number of aryl methyl sites for hydroxylation is 1. The number of hydrogen-bond acceptors (Lipinski definition) is 6. The van der Waals surface area contributed by atoms with Gasteiger partial charge in [0.2, 0.25) is 0 Å². The fourth-order valence-corrected chi connectivity index (χ4v) is 3.72. The van der Waals surface area contributed by atoms with Crippen LogP contribution in [0.15, 0.2) is 88.7 Å². The predicted molar refractivity (Wildman–Crippen MR) is 121 cm³/mol. The number of pyridine rings is 2. The third-order valence-corrected chi connectivity index (χ3v) is 5.26. The van der Waals surface area contributed by atoms with Crippen LogP contribution in [0.3, 0.4) is 0 Å². The van der Waals surface area contributed by atoms with Crippen molar-refractivity contribution in [2.24, 2.45) is 7.05 Å². The summed E-state index contributed by atoms with van der Waals surface area (Å²) in [7, 11) is 1.63. The van der Waals surface area contributed by atoms with Crippen LogP contribution in [0.4, 0.5) is 0 Å². The SMILES string of the molecule is Cn1c(=O)n(Cc2ccccc2)c(=O)c2c(-c3ccccn3)nnc(-c3ccccn3)c21. The minimum absolute atomic E-state index is 0.144. The molecule has 5 rings (SSSR count). The summed E-state index contributed by atoms with van der Waals surface area (Å²) in [5.74, 6) is 0. The van der Waals surface area contributed by atoms with E-state index in [9.17, 15) is 9.59 Å². The minimum atomic E-state index is -0.445. The van der Waals surface area contributed by atoms with E-state index >= 15 is 0 Å². The lowest BCUT2D eigenvalue weighted by Crippen LogP contribution is -2.40. The molecule has 0 fully saturated rings. The van der Waals surface area contributed by atoms with E-state index in [1.54, 1.807) is 43.7 Å². The van der Waals surface area contributed by atoms with Crippen molar-refractivity contribution >= 4 is 10.9 Å². The topological polar surface area (TPSA) is 95.6 Å². The van der Waals surface area contributed by atoms with Gasteiger partial charge < -0.3 is 0 Å². The molecule has 0 aliphatic carbocycles. The summed E-state index contributed by atoms with van der Waals surface area (Å²) >= 11 is 0. The number of aromatic nitrogens is 6. The zero-order valence-electron chi connectivity index (χ0n) is 17.2.